The van der Waals surface area contributed by atoms with Crippen molar-refractivity contribution in [1.82, 2.24) is 14.5 Å². The molecule has 2 aliphatic rings. The number of sulfone groups is 1. The Morgan fingerprint density at radius 3 is 2.67 bits per heavy atom. The molecule has 0 amide bonds. The number of imidazole rings is 1. The van der Waals surface area contributed by atoms with Crippen LogP contribution in [-0.4, -0.2) is 49.0 Å². The van der Waals surface area contributed by atoms with Crippen molar-refractivity contribution in [2.24, 2.45) is 0 Å². The summed E-state index contributed by atoms with van der Waals surface area (Å²) in [5.74, 6) is 0.977. The van der Waals surface area contributed by atoms with Crippen molar-refractivity contribution in [2.75, 3.05) is 31.4 Å². The third-order valence-corrected chi connectivity index (χ3v) is 7.64. The van der Waals surface area contributed by atoms with Crippen LogP contribution in [0.3, 0.4) is 0 Å². The third kappa shape index (κ3) is 4.47. The molecule has 0 saturated carbocycles. The summed E-state index contributed by atoms with van der Waals surface area (Å²) in [6.45, 7) is 3.92. The topological polar surface area (TPSA) is 95.3 Å². The predicted octanol–water partition coefficient (Wildman–Crippen LogP) is 4.74. The molecular weight excluding hydrogens is 464 g/mol. The van der Waals surface area contributed by atoms with Crippen LogP contribution in [0.25, 0.3) is 11.2 Å². The average molecular weight is 491 g/mol. The SMILES string of the molecule is Cc1nc2c(Nc3ccc(C4CCOC4)cc3S(C)(=O)=O)cc(Cl)nc2n1C1CCCCO1. The lowest BCUT2D eigenvalue weighted by Crippen LogP contribution is -2.19. The Bertz CT molecular complexity index is 1300. The second-order valence-electron chi connectivity index (χ2n) is 8.73. The number of pyridine rings is 1. The van der Waals surface area contributed by atoms with Gasteiger partial charge in [0.15, 0.2) is 15.5 Å². The van der Waals surface area contributed by atoms with Crippen LogP contribution in [0.1, 0.15) is 49.2 Å². The number of rotatable bonds is 5. The summed E-state index contributed by atoms with van der Waals surface area (Å²) < 4.78 is 38.7. The largest absolute Gasteiger partial charge is 0.381 e. The number of benzene rings is 1. The molecule has 0 radical (unpaired) electrons. The molecule has 2 fully saturated rings. The van der Waals surface area contributed by atoms with Crippen molar-refractivity contribution in [3.05, 3.63) is 40.8 Å². The molecule has 3 aromatic rings. The third-order valence-electron chi connectivity index (χ3n) is 6.31. The summed E-state index contributed by atoms with van der Waals surface area (Å²) in [5, 5.41) is 3.57. The van der Waals surface area contributed by atoms with Crippen molar-refractivity contribution in [1.29, 1.82) is 0 Å². The minimum atomic E-state index is -3.49. The van der Waals surface area contributed by atoms with E-state index in [-0.39, 0.29) is 17.0 Å². The summed E-state index contributed by atoms with van der Waals surface area (Å²) in [4.78, 5) is 9.49. The molecule has 4 heterocycles. The summed E-state index contributed by atoms with van der Waals surface area (Å²) in [6, 6.07) is 7.18. The first-order valence-electron chi connectivity index (χ1n) is 11.2. The van der Waals surface area contributed by atoms with Crippen LogP contribution in [0.2, 0.25) is 5.15 Å². The lowest BCUT2D eigenvalue weighted by Gasteiger charge is -2.25. The second-order valence-corrected chi connectivity index (χ2v) is 11.1. The molecule has 2 unspecified atom stereocenters. The molecule has 2 aromatic heterocycles. The molecule has 176 valence electrons. The molecule has 1 aromatic carbocycles. The highest BCUT2D eigenvalue weighted by molar-refractivity contribution is 7.90. The van der Waals surface area contributed by atoms with Crippen LogP contribution < -0.4 is 5.32 Å². The lowest BCUT2D eigenvalue weighted by atomic mass is 9.98. The maximum Gasteiger partial charge on any atom is 0.177 e. The molecule has 0 spiro atoms. The van der Waals surface area contributed by atoms with Gasteiger partial charge in [-0.05, 0) is 50.3 Å². The Morgan fingerprint density at radius 1 is 1.12 bits per heavy atom. The number of hydrogen-bond donors (Lipinski definition) is 1. The summed E-state index contributed by atoms with van der Waals surface area (Å²) in [7, 11) is -3.49. The highest BCUT2D eigenvalue weighted by atomic mass is 35.5. The maximum atomic E-state index is 12.7. The van der Waals surface area contributed by atoms with Crippen molar-refractivity contribution < 1.29 is 17.9 Å². The standard InChI is InChI=1S/C23H27ClN4O4S/c1-14-25-22-18(12-20(24)27-23(22)28(14)21-5-3-4-9-32-21)26-17-7-6-15(16-8-10-31-13-16)11-19(17)33(2,29)30/h6-7,11-12,16,21H,3-5,8-10,13H2,1-2H3,(H,26,27). The number of ether oxygens (including phenoxy) is 2. The van der Waals surface area contributed by atoms with E-state index in [0.29, 0.717) is 47.5 Å². The van der Waals surface area contributed by atoms with E-state index < -0.39 is 9.84 Å². The van der Waals surface area contributed by atoms with E-state index in [1.165, 1.54) is 6.26 Å². The lowest BCUT2D eigenvalue weighted by molar-refractivity contribution is -0.0309. The predicted molar refractivity (Wildman–Crippen MR) is 127 cm³/mol. The number of aromatic nitrogens is 3. The van der Waals surface area contributed by atoms with E-state index >= 15 is 0 Å². The zero-order valence-electron chi connectivity index (χ0n) is 18.7. The molecular formula is C23H27ClN4O4S. The number of aryl methyl sites for hydroxylation is 1. The van der Waals surface area contributed by atoms with Gasteiger partial charge in [-0.25, -0.2) is 18.4 Å². The minimum absolute atomic E-state index is 0.137. The van der Waals surface area contributed by atoms with Crippen LogP contribution in [0.15, 0.2) is 29.2 Å². The highest BCUT2D eigenvalue weighted by Gasteiger charge is 2.25. The molecule has 33 heavy (non-hydrogen) atoms. The van der Waals surface area contributed by atoms with Gasteiger partial charge in [0.25, 0.3) is 0 Å². The molecule has 0 bridgehead atoms. The Balaban J connectivity index is 1.58. The second kappa shape index (κ2) is 8.87. The van der Waals surface area contributed by atoms with Gasteiger partial charge in [0.1, 0.15) is 22.7 Å². The normalized spacial score (nSPS) is 21.5. The zero-order valence-corrected chi connectivity index (χ0v) is 20.2. The molecule has 1 N–H and O–H groups in total. The highest BCUT2D eigenvalue weighted by Crippen LogP contribution is 2.36. The molecule has 8 nitrogen and oxygen atoms in total. The van der Waals surface area contributed by atoms with Gasteiger partial charge in [-0.3, -0.25) is 4.57 Å². The zero-order chi connectivity index (χ0) is 23.2. The van der Waals surface area contributed by atoms with Crippen molar-refractivity contribution >= 4 is 44.0 Å². The van der Waals surface area contributed by atoms with Crippen LogP contribution in [-0.2, 0) is 19.3 Å². The monoisotopic (exact) mass is 490 g/mol. The van der Waals surface area contributed by atoms with Gasteiger partial charge in [0, 0.05) is 31.5 Å². The van der Waals surface area contributed by atoms with Crippen LogP contribution in [0.4, 0.5) is 11.4 Å². The molecule has 5 rings (SSSR count). The summed E-state index contributed by atoms with van der Waals surface area (Å²) in [6.07, 6.45) is 4.97. The van der Waals surface area contributed by atoms with Crippen molar-refractivity contribution in [3.8, 4) is 0 Å². The van der Waals surface area contributed by atoms with E-state index in [9.17, 15) is 8.42 Å². The fourth-order valence-corrected chi connectivity index (χ4v) is 5.71. The van der Waals surface area contributed by atoms with Gasteiger partial charge in [-0.2, -0.15) is 0 Å². The van der Waals surface area contributed by atoms with Gasteiger partial charge in [0.05, 0.1) is 22.9 Å². The fraction of sp³-hybridized carbons (Fsp3) is 0.478. The first kappa shape index (κ1) is 22.6. The van der Waals surface area contributed by atoms with Crippen molar-refractivity contribution in [2.45, 2.75) is 49.6 Å². The maximum absolute atomic E-state index is 12.7. The van der Waals surface area contributed by atoms with Gasteiger partial charge < -0.3 is 14.8 Å². The number of nitrogens with one attached hydrogen (secondary N) is 1. The van der Waals surface area contributed by atoms with E-state index in [1.807, 2.05) is 17.6 Å². The van der Waals surface area contributed by atoms with Crippen molar-refractivity contribution in [3.63, 3.8) is 0 Å². The molecule has 2 saturated heterocycles. The Morgan fingerprint density at radius 2 is 1.97 bits per heavy atom. The van der Waals surface area contributed by atoms with Gasteiger partial charge in [-0.15, -0.1) is 0 Å². The summed E-state index contributed by atoms with van der Waals surface area (Å²) >= 11 is 6.39. The molecule has 10 heteroatoms. The quantitative estimate of drug-likeness (QED) is 0.516. The molecule has 0 aliphatic carbocycles. The Kier molecular flexibility index (Phi) is 6.07. The van der Waals surface area contributed by atoms with Gasteiger partial charge in [0.2, 0.25) is 0 Å². The fourth-order valence-electron chi connectivity index (χ4n) is 4.65. The molecule has 2 atom stereocenters. The van der Waals surface area contributed by atoms with E-state index in [4.69, 9.17) is 26.1 Å². The first-order valence-corrected chi connectivity index (χ1v) is 13.4. The van der Waals surface area contributed by atoms with Crippen LogP contribution in [0, 0.1) is 6.92 Å². The Hall–Kier alpha value is -2.20. The number of anilines is 2. The van der Waals surface area contributed by atoms with Gasteiger partial charge in [-0.1, -0.05) is 17.7 Å². The minimum Gasteiger partial charge on any atom is -0.381 e. The van der Waals surface area contributed by atoms with Gasteiger partial charge >= 0.3 is 0 Å². The van der Waals surface area contributed by atoms with E-state index in [2.05, 4.69) is 10.3 Å². The smallest absolute Gasteiger partial charge is 0.177 e. The number of nitrogens with zero attached hydrogens (tertiary/aromatic N) is 3. The van der Waals surface area contributed by atoms with E-state index in [0.717, 1.165) is 37.1 Å². The summed E-state index contributed by atoms with van der Waals surface area (Å²) in [5.41, 5.74) is 3.29. The van der Waals surface area contributed by atoms with E-state index in [1.54, 1.807) is 18.2 Å². The Labute approximate surface area is 198 Å². The molecule has 2 aliphatic heterocycles. The van der Waals surface area contributed by atoms with Crippen LogP contribution in [0.5, 0.6) is 0 Å². The average Bonchev–Trinajstić information content (AvgIpc) is 3.42. The number of halogens is 1. The first-order chi connectivity index (χ1) is 15.8. The van der Waals surface area contributed by atoms with Crippen LogP contribution >= 0.6 is 11.6 Å². The number of hydrogen-bond acceptors (Lipinski definition) is 7. The number of fused-ring (bicyclic) bond motifs is 1.